The number of hydrogen-bond donors (Lipinski definition) is 1. The number of hydrogen-bond acceptors (Lipinski definition) is 2. The van der Waals surface area contributed by atoms with E-state index in [0.717, 1.165) is 13.1 Å². The summed E-state index contributed by atoms with van der Waals surface area (Å²) < 4.78 is 0. The summed E-state index contributed by atoms with van der Waals surface area (Å²) >= 11 is 2.02. The van der Waals surface area contributed by atoms with Gasteiger partial charge in [-0.1, -0.05) is 36.8 Å². The van der Waals surface area contributed by atoms with E-state index in [0.29, 0.717) is 0 Å². The molecular weight excluding hydrogens is 202 g/mol. The Bertz CT molecular complexity index is 273. The summed E-state index contributed by atoms with van der Waals surface area (Å²) in [5.74, 6) is 2.51. The molecule has 0 bridgehead atoms. The van der Waals surface area contributed by atoms with Gasteiger partial charge in [-0.2, -0.15) is 11.8 Å². The molecule has 0 amide bonds. The zero-order chi connectivity index (χ0) is 10.9. The Morgan fingerprint density at radius 1 is 1.33 bits per heavy atom. The van der Waals surface area contributed by atoms with Gasteiger partial charge in [0, 0.05) is 6.54 Å². The Morgan fingerprint density at radius 2 is 2.20 bits per heavy atom. The second kappa shape index (κ2) is 7.77. The van der Waals surface area contributed by atoms with E-state index in [1.807, 2.05) is 11.8 Å². The van der Waals surface area contributed by atoms with Crippen molar-refractivity contribution in [3.63, 3.8) is 0 Å². The van der Waals surface area contributed by atoms with E-state index >= 15 is 0 Å². The van der Waals surface area contributed by atoms with Crippen molar-refractivity contribution in [2.75, 3.05) is 18.1 Å². The van der Waals surface area contributed by atoms with Crippen LogP contribution in [0, 0.1) is 6.92 Å². The molecule has 0 aliphatic heterocycles. The van der Waals surface area contributed by atoms with Crippen LogP contribution >= 0.6 is 11.8 Å². The summed E-state index contributed by atoms with van der Waals surface area (Å²) in [5, 5.41) is 3.47. The molecule has 1 N–H and O–H groups in total. The lowest BCUT2D eigenvalue weighted by atomic mass is 10.1. The maximum atomic E-state index is 3.47. The Morgan fingerprint density at radius 3 is 2.93 bits per heavy atom. The zero-order valence-corrected chi connectivity index (χ0v) is 10.6. The molecule has 0 aliphatic carbocycles. The van der Waals surface area contributed by atoms with Crippen LogP contribution in [0.1, 0.15) is 24.5 Å². The normalized spacial score (nSPS) is 10.5. The Balaban J connectivity index is 2.10. The predicted molar refractivity (Wildman–Crippen MR) is 70.5 cm³/mol. The lowest BCUT2D eigenvalue weighted by molar-refractivity contribution is 0.678. The topological polar surface area (TPSA) is 12.0 Å². The largest absolute Gasteiger partial charge is 0.313 e. The number of rotatable bonds is 7. The highest BCUT2D eigenvalue weighted by atomic mass is 32.2. The molecule has 1 nitrogen and oxygen atoms in total. The molecule has 0 atom stereocenters. The highest BCUT2D eigenvalue weighted by Crippen LogP contribution is 2.03. The van der Waals surface area contributed by atoms with Crippen LogP contribution in [0.25, 0.3) is 0 Å². The summed E-state index contributed by atoms with van der Waals surface area (Å²) in [6.45, 7) is 6.48. The average Bonchev–Trinajstić information content (AvgIpc) is 2.23. The third-order valence-electron chi connectivity index (χ3n) is 2.26. The third-order valence-corrected chi connectivity index (χ3v) is 3.24. The average molecular weight is 223 g/mol. The van der Waals surface area contributed by atoms with E-state index in [-0.39, 0.29) is 0 Å². The van der Waals surface area contributed by atoms with Gasteiger partial charge in [-0.25, -0.2) is 0 Å². The first-order valence-corrected chi connectivity index (χ1v) is 6.82. The van der Waals surface area contributed by atoms with Crippen molar-refractivity contribution >= 4 is 11.8 Å². The number of benzene rings is 1. The van der Waals surface area contributed by atoms with Gasteiger partial charge < -0.3 is 5.32 Å². The van der Waals surface area contributed by atoms with Crippen LogP contribution in [-0.2, 0) is 6.54 Å². The minimum Gasteiger partial charge on any atom is -0.313 e. The molecular formula is C13H21NS. The predicted octanol–water partition coefficient (Wildman–Crippen LogP) is 3.23. The van der Waals surface area contributed by atoms with E-state index in [1.54, 1.807) is 0 Å². The van der Waals surface area contributed by atoms with E-state index < -0.39 is 0 Å². The molecule has 0 unspecified atom stereocenters. The van der Waals surface area contributed by atoms with Gasteiger partial charge in [0.15, 0.2) is 0 Å². The van der Waals surface area contributed by atoms with Gasteiger partial charge in [0.2, 0.25) is 0 Å². The van der Waals surface area contributed by atoms with Gasteiger partial charge in [0.05, 0.1) is 0 Å². The Labute approximate surface area is 97.7 Å². The molecule has 0 spiro atoms. The van der Waals surface area contributed by atoms with Crippen LogP contribution < -0.4 is 5.32 Å². The van der Waals surface area contributed by atoms with Gasteiger partial charge in [0.25, 0.3) is 0 Å². The molecule has 0 aliphatic rings. The first-order chi connectivity index (χ1) is 7.33. The van der Waals surface area contributed by atoms with Crippen molar-refractivity contribution in [1.82, 2.24) is 5.32 Å². The van der Waals surface area contributed by atoms with Crippen molar-refractivity contribution in [3.05, 3.63) is 35.4 Å². The van der Waals surface area contributed by atoms with Crippen LogP contribution in [0.3, 0.4) is 0 Å². The molecule has 0 heterocycles. The van der Waals surface area contributed by atoms with Crippen LogP contribution in [0.2, 0.25) is 0 Å². The molecule has 15 heavy (non-hydrogen) atoms. The molecule has 0 saturated carbocycles. The highest BCUT2D eigenvalue weighted by molar-refractivity contribution is 7.99. The second-order valence-corrected chi connectivity index (χ2v) is 5.11. The fourth-order valence-corrected chi connectivity index (χ4v) is 2.14. The van der Waals surface area contributed by atoms with Crippen LogP contribution in [0.5, 0.6) is 0 Å². The van der Waals surface area contributed by atoms with Crippen molar-refractivity contribution in [2.24, 2.45) is 0 Å². The van der Waals surface area contributed by atoms with E-state index in [2.05, 4.69) is 43.4 Å². The monoisotopic (exact) mass is 223 g/mol. The van der Waals surface area contributed by atoms with Gasteiger partial charge in [-0.05, 0) is 37.0 Å². The lowest BCUT2D eigenvalue weighted by Gasteiger charge is -2.05. The smallest absolute Gasteiger partial charge is 0.0205 e. The zero-order valence-electron chi connectivity index (χ0n) is 9.75. The molecule has 1 aromatic rings. The molecule has 0 saturated heterocycles. The van der Waals surface area contributed by atoms with Crippen molar-refractivity contribution in [3.8, 4) is 0 Å². The molecule has 84 valence electrons. The van der Waals surface area contributed by atoms with Gasteiger partial charge in [-0.15, -0.1) is 0 Å². The highest BCUT2D eigenvalue weighted by Gasteiger charge is 1.92. The van der Waals surface area contributed by atoms with Crippen LogP contribution in [-0.4, -0.2) is 18.1 Å². The third kappa shape index (κ3) is 5.85. The standard InChI is InChI=1S/C13H21NS/c1-3-15-9-5-8-14-11-13-7-4-6-12(2)10-13/h4,6-7,10,14H,3,5,8-9,11H2,1-2H3. The Hall–Kier alpha value is -0.470. The van der Waals surface area contributed by atoms with Gasteiger partial charge in [-0.3, -0.25) is 0 Å². The number of thioether (sulfide) groups is 1. The van der Waals surface area contributed by atoms with E-state index in [4.69, 9.17) is 0 Å². The van der Waals surface area contributed by atoms with Gasteiger partial charge >= 0.3 is 0 Å². The fraction of sp³-hybridized carbons (Fsp3) is 0.538. The van der Waals surface area contributed by atoms with E-state index in [1.165, 1.54) is 29.1 Å². The van der Waals surface area contributed by atoms with E-state index in [9.17, 15) is 0 Å². The summed E-state index contributed by atoms with van der Waals surface area (Å²) in [6, 6.07) is 8.69. The Kier molecular flexibility index (Phi) is 6.53. The summed E-state index contributed by atoms with van der Waals surface area (Å²) in [4.78, 5) is 0. The minimum absolute atomic E-state index is 0.998. The maximum absolute atomic E-state index is 3.47. The molecule has 2 heteroatoms. The van der Waals surface area contributed by atoms with Crippen molar-refractivity contribution in [1.29, 1.82) is 0 Å². The minimum atomic E-state index is 0.998. The van der Waals surface area contributed by atoms with Gasteiger partial charge in [0.1, 0.15) is 0 Å². The van der Waals surface area contributed by atoms with Crippen molar-refractivity contribution in [2.45, 2.75) is 26.8 Å². The fourth-order valence-electron chi connectivity index (χ4n) is 1.50. The molecule has 0 fully saturated rings. The quantitative estimate of drug-likeness (QED) is 0.712. The molecule has 0 radical (unpaired) electrons. The molecule has 1 rings (SSSR count). The maximum Gasteiger partial charge on any atom is 0.0205 e. The van der Waals surface area contributed by atoms with Crippen molar-refractivity contribution < 1.29 is 0 Å². The SMILES string of the molecule is CCSCCCNCc1cccc(C)c1. The summed E-state index contributed by atoms with van der Waals surface area (Å²) in [7, 11) is 0. The van der Waals surface area contributed by atoms with Crippen LogP contribution in [0.4, 0.5) is 0 Å². The summed E-state index contributed by atoms with van der Waals surface area (Å²) in [5.41, 5.74) is 2.73. The second-order valence-electron chi connectivity index (χ2n) is 3.72. The van der Waals surface area contributed by atoms with Crippen LogP contribution in [0.15, 0.2) is 24.3 Å². The number of aryl methyl sites for hydroxylation is 1. The first-order valence-electron chi connectivity index (χ1n) is 5.67. The summed E-state index contributed by atoms with van der Waals surface area (Å²) in [6.07, 6.45) is 1.27. The first kappa shape index (κ1) is 12.6. The molecule has 1 aromatic carbocycles. The number of nitrogens with one attached hydrogen (secondary N) is 1. The molecule has 0 aromatic heterocycles. The lowest BCUT2D eigenvalue weighted by Crippen LogP contribution is -2.15.